The van der Waals surface area contributed by atoms with Gasteiger partial charge in [-0.2, -0.15) is 0 Å². The highest BCUT2D eigenvalue weighted by atomic mass is 16.7. The molecule has 9 heteroatoms. The summed E-state index contributed by atoms with van der Waals surface area (Å²) in [5.41, 5.74) is 3.39. The molecular formula is C25H26N6O3. The summed E-state index contributed by atoms with van der Waals surface area (Å²) in [5.74, 6) is 1.96. The smallest absolute Gasteiger partial charge is 0.253 e. The number of aromatic amines is 1. The van der Waals surface area contributed by atoms with Gasteiger partial charge in [0.15, 0.2) is 17.3 Å². The van der Waals surface area contributed by atoms with Crippen LogP contribution in [0.2, 0.25) is 0 Å². The predicted octanol–water partition coefficient (Wildman–Crippen LogP) is 3.15. The number of rotatable bonds is 3. The Morgan fingerprint density at radius 2 is 1.82 bits per heavy atom. The second kappa shape index (κ2) is 7.66. The van der Waals surface area contributed by atoms with Crippen LogP contribution >= 0.6 is 0 Å². The number of fused-ring (bicyclic) bond motifs is 3. The van der Waals surface area contributed by atoms with Crippen molar-refractivity contribution in [1.82, 2.24) is 30.1 Å². The van der Waals surface area contributed by atoms with Crippen LogP contribution < -0.4 is 15.0 Å². The van der Waals surface area contributed by atoms with Crippen molar-refractivity contribution < 1.29 is 9.47 Å². The first kappa shape index (κ1) is 20.9. The molecule has 0 unspecified atom stereocenters. The van der Waals surface area contributed by atoms with Gasteiger partial charge in [-0.15, -0.1) is 5.10 Å². The number of pyridine rings is 1. The molecule has 6 rings (SSSR count). The van der Waals surface area contributed by atoms with E-state index in [-0.39, 0.29) is 17.9 Å². The van der Waals surface area contributed by atoms with Crippen LogP contribution in [0.4, 0.5) is 0 Å². The molecule has 0 fully saturated rings. The molecule has 4 heterocycles. The highest BCUT2D eigenvalue weighted by Crippen LogP contribution is 2.37. The highest BCUT2D eigenvalue weighted by molar-refractivity contribution is 5.83. The highest BCUT2D eigenvalue weighted by Gasteiger charge is 2.35. The van der Waals surface area contributed by atoms with E-state index >= 15 is 0 Å². The Morgan fingerprint density at radius 1 is 1.06 bits per heavy atom. The Bertz CT molecular complexity index is 1450. The number of nitrogens with one attached hydrogen (secondary N) is 1. The van der Waals surface area contributed by atoms with Gasteiger partial charge in [0, 0.05) is 30.1 Å². The molecular weight excluding hydrogens is 432 g/mol. The zero-order valence-corrected chi connectivity index (χ0v) is 19.4. The minimum Gasteiger partial charge on any atom is -0.454 e. The molecule has 2 aliphatic rings. The topological polar surface area (TPSA) is 98.2 Å². The third-order valence-corrected chi connectivity index (χ3v) is 6.56. The first-order valence-corrected chi connectivity index (χ1v) is 11.4. The summed E-state index contributed by atoms with van der Waals surface area (Å²) in [6.07, 6.45) is 0.897. The number of nitrogens with zero attached hydrogens (tertiary/aromatic N) is 5. The lowest BCUT2D eigenvalue weighted by atomic mass is 9.95. The fraction of sp³-hybridized carbons (Fsp3) is 0.360. The van der Waals surface area contributed by atoms with Crippen molar-refractivity contribution in [3.05, 3.63) is 75.3 Å². The van der Waals surface area contributed by atoms with Crippen molar-refractivity contribution in [1.29, 1.82) is 0 Å². The van der Waals surface area contributed by atoms with Gasteiger partial charge in [0.1, 0.15) is 6.04 Å². The zero-order valence-electron chi connectivity index (χ0n) is 19.4. The van der Waals surface area contributed by atoms with Crippen LogP contribution in [0.25, 0.3) is 10.9 Å². The van der Waals surface area contributed by atoms with Gasteiger partial charge in [-0.3, -0.25) is 9.69 Å². The van der Waals surface area contributed by atoms with E-state index in [1.807, 2.05) is 22.9 Å². The summed E-state index contributed by atoms with van der Waals surface area (Å²) in [6, 6.07) is 13.7. The predicted molar refractivity (Wildman–Crippen MR) is 126 cm³/mol. The number of aromatic nitrogens is 5. The van der Waals surface area contributed by atoms with Crippen LogP contribution in [0.1, 0.15) is 49.3 Å². The molecule has 34 heavy (non-hydrogen) atoms. The Kier molecular flexibility index (Phi) is 4.70. The summed E-state index contributed by atoms with van der Waals surface area (Å²) >= 11 is 0. The van der Waals surface area contributed by atoms with E-state index in [2.05, 4.69) is 70.4 Å². The SMILES string of the molecule is CC(C)(C)n1nnnc1[C@H](c1cc2cc3c(cc2[nH]c1=O)OCO3)N1CCc2ccccc2C1. The maximum atomic E-state index is 13.5. The van der Waals surface area contributed by atoms with Gasteiger partial charge < -0.3 is 14.5 Å². The van der Waals surface area contributed by atoms with Crippen molar-refractivity contribution in [3.8, 4) is 11.5 Å². The Balaban J connectivity index is 1.53. The molecule has 0 amide bonds. The van der Waals surface area contributed by atoms with Crippen LogP contribution in [-0.2, 0) is 18.5 Å². The normalized spacial score (nSPS) is 16.6. The maximum absolute atomic E-state index is 13.5. The lowest BCUT2D eigenvalue weighted by Gasteiger charge is -2.36. The molecule has 2 aromatic carbocycles. The zero-order chi connectivity index (χ0) is 23.4. The van der Waals surface area contributed by atoms with Crippen molar-refractivity contribution in [2.75, 3.05) is 13.3 Å². The lowest BCUT2D eigenvalue weighted by Crippen LogP contribution is -2.40. The van der Waals surface area contributed by atoms with Crippen LogP contribution in [0, 0.1) is 0 Å². The molecule has 4 aromatic rings. The average molecular weight is 459 g/mol. The standard InChI is InChI=1S/C25H26N6O3/c1-25(2,3)31-23(27-28-29-31)22(30-9-8-15-6-4-5-7-16(15)13-30)18-10-17-11-20-21(34-14-33-20)12-19(17)26-24(18)32/h4-7,10-12,22H,8-9,13-14H2,1-3H3,(H,26,32)/t22-/m0/s1. The molecule has 2 aromatic heterocycles. The van der Waals surface area contributed by atoms with Crippen LogP contribution in [0.15, 0.2) is 47.3 Å². The van der Waals surface area contributed by atoms with Gasteiger partial charge in [0.05, 0.1) is 11.1 Å². The molecule has 174 valence electrons. The van der Waals surface area contributed by atoms with Gasteiger partial charge >= 0.3 is 0 Å². The van der Waals surface area contributed by atoms with Crippen LogP contribution in [-0.4, -0.2) is 43.4 Å². The second-order valence-electron chi connectivity index (χ2n) is 9.86. The molecule has 1 N–H and O–H groups in total. The van der Waals surface area contributed by atoms with Crippen LogP contribution in [0.5, 0.6) is 11.5 Å². The van der Waals surface area contributed by atoms with Gasteiger partial charge in [-0.1, -0.05) is 24.3 Å². The van der Waals surface area contributed by atoms with E-state index in [0.29, 0.717) is 34.9 Å². The summed E-state index contributed by atoms with van der Waals surface area (Å²) in [6.45, 7) is 7.84. The Labute approximate surface area is 196 Å². The van der Waals surface area contributed by atoms with Crippen molar-refractivity contribution >= 4 is 10.9 Å². The van der Waals surface area contributed by atoms with E-state index in [9.17, 15) is 4.79 Å². The minimum absolute atomic E-state index is 0.168. The summed E-state index contributed by atoms with van der Waals surface area (Å²) in [7, 11) is 0. The fourth-order valence-electron chi connectivity index (χ4n) is 4.90. The monoisotopic (exact) mass is 458 g/mol. The maximum Gasteiger partial charge on any atom is 0.253 e. The Hall–Kier alpha value is -3.72. The van der Waals surface area contributed by atoms with Crippen molar-refractivity contribution in [3.63, 3.8) is 0 Å². The third-order valence-electron chi connectivity index (χ3n) is 6.56. The van der Waals surface area contributed by atoms with E-state index in [4.69, 9.17) is 9.47 Å². The van der Waals surface area contributed by atoms with Gasteiger partial charge in [0.25, 0.3) is 5.56 Å². The first-order valence-electron chi connectivity index (χ1n) is 11.4. The largest absolute Gasteiger partial charge is 0.454 e. The number of H-pyrrole nitrogens is 1. The molecule has 0 saturated heterocycles. The summed E-state index contributed by atoms with van der Waals surface area (Å²) < 4.78 is 12.9. The van der Waals surface area contributed by atoms with Gasteiger partial charge in [-0.25, -0.2) is 4.68 Å². The second-order valence-corrected chi connectivity index (χ2v) is 9.86. The molecule has 0 bridgehead atoms. The summed E-state index contributed by atoms with van der Waals surface area (Å²) in [5, 5.41) is 13.6. The fourth-order valence-corrected chi connectivity index (χ4v) is 4.90. The number of benzene rings is 2. The Morgan fingerprint density at radius 3 is 2.62 bits per heavy atom. The quantitative estimate of drug-likeness (QED) is 0.504. The first-order chi connectivity index (χ1) is 16.4. The number of tetrazole rings is 1. The molecule has 0 spiro atoms. The number of hydrogen-bond donors (Lipinski definition) is 1. The molecule has 0 saturated carbocycles. The third kappa shape index (κ3) is 3.43. The number of ether oxygens (including phenoxy) is 2. The van der Waals surface area contributed by atoms with Crippen molar-refractivity contribution in [2.24, 2.45) is 0 Å². The molecule has 2 aliphatic heterocycles. The van der Waals surface area contributed by atoms with Gasteiger partial charge in [-0.05, 0) is 60.9 Å². The van der Waals surface area contributed by atoms with Gasteiger partial charge in [0.2, 0.25) is 6.79 Å². The molecule has 0 aliphatic carbocycles. The molecule has 1 atom stereocenters. The minimum atomic E-state index is -0.416. The molecule has 0 radical (unpaired) electrons. The molecule has 9 nitrogen and oxygen atoms in total. The van der Waals surface area contributed by atoms with E-state index in [0.717, 1.165) is 18.4 Å². The van der Waals surface area contributed by atoms with E-state index < -0.39 is 6.04 Å². The van der Waals surface area contributed by atoms with Crippen LogP contribution in [0.3, 0.4) is 0 Å². The van der Waals surface area contributed by atoms with E-state index in [1.54, 1.807) is 0 Å². The van der Waals surface area contributed by atoms with Crippen molar-refractivity contribution in [2.45, 2.75) is 45.3 Å². The lowest BCUT2D eigenvalue weighted by molar-refractivity contribution is 0.174. The average Bonchev–Trinajstić information content (AvgIpc) is 3.47. The summed E-state index contributed by atoms with van der Waals surface area (Å²) in [4.78, 5) is 18.8. The van der Waals surface area contributed by atoms with E-state index in [1.165, 1.54) is 11.1 Å². The number of hydrogen-bond acceptors (Lipinski definition) is 7.